The van der Waals surface area contributed by atoms with Crippen molar-refractivity contribution in [1.82, 2.24) is 4.31 Å². The van der Waals surface area contributed by atoms with Crippen molar-refractivity contribution in [3.63, 3.8) is 0 Å². The molecule has 1 amide bonds. The van der Waals surface area contributed by atoms with E-state index in [0.717, 1.165) is 14.5 Å². The van der Waals surface area contributed by atoms with E-state index in [1.165, 1.54) is 16.4 Å². The van der Waals surface area contributed by atoms with E-state index in [2.05, 4.69) is 37.2 Å². The Morgan fingerprint density at radius 1 is 0.867 bits per heavy atom. The van der Waals surface area contributed by atoms with Gasteiger partial charge in [-0.2, -0.15) is 4.31 Å². The molecule has 0 heterocycles. The lowest BCUT2D eigenvalue weighted by molar-refractivity contribution is -0.116. The molecule has 0 saturated heterocycles. The van der Waals surface area contributed by atoms with Gasteiger partial charge in [0.15, 0.2) is 0 Å². The highest BCUT2D eigenvalue weighted by Gasteiger charge is 2.26. The first-order valence-electron chi connectivity index (χ1n) is 9.20. The van der Waals surface area contributed by atoms with Crippen LogP contribution >= 0.6 is 31.9 Å². The number of halogens is 2. The summed E-state index contributed by atoms with van der Waals surface area (Å²) in [4.78, 5) is 12.8. The molecule has 0 bridgehead atoms. The molecule has 3 aromatic rings. The predicted molar refractivity (Wildman–Crippen MR) is 126 cm³/mol. The monoisotopic (exact) mass is 550 g/mol. The molecule has 0 saturated carbocycles. The number of carbonyl (C=O) groups is 1. The predicted octanol–water partition coefficient (Wildman–Crippen LogP) is 5.08. The maximum atomic E-state index is 13.2. The van der Waals surface area contributed by atoms with E-state index in [1.54, 1.807) is 30.3 Å². The molecule has 0 aromatic heterocycles. The Labute approximate surface area is 193 Å². The average Bonchev–Trinajstić information content (AvgIpc) is 2.72. The molecule has 1 N–H and O–H groups in total. The van der Waals surface area contributed by atoms with Gasteiger partial charge in [0.25, 0.3) is 0 Å². The molecule has 0 atom stereocenters. The van der Waals surface area contributed by atoms with Crippen LogP contribution in [0.3, 0.4) is 0 Å². The summed E-state index contributed by atoms with van der Waals surface area (Å²) >= 11 is 6.68. The number of rotatable bonds is 8. The second-order valence-electron chi connectivity index (χ2n) is 6.59. The van der Waals surface area contributed by atoms with Gasteiger partial charge < -0.3 is 5.32 Å². The number of anilines is 1. The maximum Gasteiger partial charge on any atom is 0.243 e. The summed E-state index contributed by atoms with van der Waals surface area (Å²) in [6.07, 6.45) is 0.501. The van der Waals surface area contributed by atoms with Crippen LogP contribution in [-0.2, 0) is 21.2 Å². The van der Waals surface area contributed by atoms with Gasteiger partial charge in [0, 0.05) is 21.2 Å². The molecule has 0 fully saturated rings. The molecule has 0 aliphatic carbocycles. The van der Waals surface area contributed by atoms with Gasteiger partial charge in [0.05, 0.1) is 11.4 Å². The van der Waals surface area contributed by atoms with E-state index < -0.39 is 15.9 Å². The first kappa shape index (κ1) is 22.7. The lowest BCUT2D eigenvalue weighted by Crippen LogP contribution is -2.39. The smallest absolute Gasteiger partial charge is 0.243 e. The van der Waals surface area contributed by atoms with Crippen molar-refractivity contribution in [2.75, 3.05) is 18.4 Å². The molecule has 0 radical (unpaired) electrons. The number of benzene rings is 3. The van der Waals surface area contributed by atoms with Crippen molar-refractivity contribution in [3.05, 3.63) is 93.4 Å². The molecule has 0 spiro atoms. The van der Waals surface area contributed by atoms with E-state index in [4.69, 9.17) is 0 Å². The van der Waals surface area contributed by atoms with Crippen LogP contribution in [0, 0.1) is 0 Å². The van der Waals surface area contributed by atoms with Gasteiger partial charge in [0.2, 0.25) is 15.9 Å². The molecule has 30 heavy (non-hydrogen) atoms. The fraction of sp³-hybridized carbons (Fsp3) is 0.136. The van der Waals surface area contributed by atoms with E-state index in [0.29, 0.717) is 12.1 Å². The fourth-order valence-electron chi connectivity index (χ4n) is 2.87. The Kier molecular flexibility index (Phi) is 7.82. The van der Waals surface area contributed by atoms with Crippen LogP contribution in [0.2, 0.25) is 0 Å². The van der Waals surface area contributed by atoms with Crippen LogP contribution < -0.4 is 5.32 Å². The van der Waals surface area contributed by atoms with Crippen molar-refractivity contribution in [2.45, 2.75) is 11.3 Å². The van der Waals surface area contributed by atoms with E-state index in [9.17, 15) is 13.2 Å². The Morgan fingerprint density at radius 3 is 2.23 bits per heavy atom. The molecule has 0 aliphatic heterocycles. The highest BCUT2D eigenvalue weighted by Crippen LogP contribution is 2.20. The molecule has 5 nitrogen and oxygen atoms in total. The zero-order chi connectivity index (χ0) is 21.6. The van der Waals surface area contributed by atoms with Crippen LogP contribution in [0.1, 0.15) is 5.56 Å². The quantitative estimate of drug-likeness (QED) is 0.424. The van der Waals surface area contributed by atoms with Gasteiger partial charge in [-0.15, -0.1) is 0 Å². The third-order valence-corrected chi connectivity index (χ3v) is 7.25. The molecule has 156 valence electrons. The van der Waals surface area contributed by atoms with Gasteiger partial charge >= 0.3 is 0 Å². The Balaban J connectivity index is 1.80. The summed E-state index contributed by atoms with van der Waals surface area (Å²) in [6, 6.07) is 23.1. The van der Waals surface area contributed by atoms with Gasteiger partial charge in [-0.1, -0.05) is 68.3 Å². The third-order valence-electron chi connectivity index (χ3n) is 4.37. The number of nitrogens with one attached hydrogen (secondary N) is 1. The lowest BCUT2D eigenvalue weighted by Gasteiger charge is -2.22. The number of amides is 1. The molecule has 0 aliphatic rings. The van der Waals surface area contributed by atoms with Crippen LogP contribution in [-0.4, -0.2) is 31.7 Å². The van der Waals surface area contributed by atoms with Crippen molar-refractivity contribution < 1.29 is 13.2 Å². The first-order chi connectivity index (χ1) is 14.3. The van der Waals surface area contributed by atoms with Crippen molar-refractivity contribution in [2.24, 2.45) is 0 Å². The van der Waals surface area contributed by atoms with Crippen molar-refractivity contribution >= 4 is 53.5 Å². The van der Waals surface area contributed by atoms with Crippen LogP contribution in [0.4, 0.5) is 5.69 Å². The zero-order valence-electron chi connectivity index (χ0n) is 16.0. The number of nitrogens with zero attached hydrogens (tertiary/aromatic N) is 1. The van der Waals surface area contributed by atoms with E-state index >= 15 is 0 Å². The molecule has 8 heteroatoms. The summed E-state index contributed by atoms with van der Waals surface area (Å²) in [5.74, 6) is -0.401. The minimum absolute atomic E-state index is 0.147. The summed E-state index contributed by atoms with van der Waals surface area (Å²) < 4.78 is 29.3. The second-order valence-corrected chi connectivity index (χ2v) is 10.4. The highest BCUT2D eigenvalue weighted by atomic mass is 79.9. The molecular formula is C22H20Br2N2O3S. The zero-order valence-corrected chi connectivity index (χ0v) is 20.0. The minimum atomic E-state index is -3.84. The molecule has 3 rings (SSSR count). The fourth-order valence-corrected chi connectivity index (χ4v) is 4.93. The van der Waals surface area contributed by atoms with E-state index in [-0.39, 0.29) is 18.0 Å². The van der Waals surface area contributed by atoms with Crippen LogP contribution in [0.25, 0.3) is 0 Å². The molecular weight excluding hydrogens is 532 g/mol. The largest absolute Gasteiger partial charge is 0.325 e. The normalized spacial score (nSPS) is 11.4. The number of sulfonamides is 1. The van der Waals surface area contributed by atoms with Gasteiger partial charge in [-0.25, -0.2) is 8.42 Å². The van der Waals surface area contributed by atoms with Crippen LogP contribution in [0.5, 0.6) is 0 Å². The highest BCUT2D eigenvalue weighted by molar-refractivity contribution is 9.10. The summed E-state index contributed by atoms with van der Waals surface area (Å²) in [5.41, 5.74) is 1.60. The number of hydrogen-bond acceptors (Lipinski definition) is 3. The average molecular weight is 552 g/mol. The maximum absolute atomic E-state index is 13.2. The minimum Gasteiger partial charge on any atom is -0.325 e. The summed E-state index contributed by atoms with van der Waals surface area (Å²) in [5, 5.41) is 2.76. The Morgan fingerprint density at radius 2 is 1.57 bits per heavy atom. The standard InChI is InChI=1S/C22H20Br2N2O3S/c23-18-9-11-21(12-10-18)30(28,29)26(14-13-17-5-2-1-3-6-17)16-22(27)25-20-8-4-7-19(24)15-20/h1-12,15H,13-14,16H2,(H,25,27). The number of hydrogen-bond donors (Lipinski definition) is 1. The Hall–Kier alpha value is -2.00. The van der Waals surface area contributed by atoms with E-state index in [1.807, 2.05) is 36.4 Å². The second kappa shape index (κ2) is 10.3. The van der Waals surface area contributed by atoms with Crippen molar-refractivity contribution in [1.29, 1.82) is 0 Å². The van der Waals surface area contributed by atoms with Gasteiger partial charge in [0.1, 0.15) is 0 Å². The van der Waals surface area contributed by atoms with Crippen LogP contribution in [0.15, 0.2) is 92.7 Å². The first-order valence-corrected chi connectivity index (χ1v) is 12.2. The topological polar surface area (TPSA) is 66.5 Å². The third kappa shape index (κ3) is 6.25. The Bertz CT molecular complexity index is 1100. The van der Waals surface area contributed by atoms with Gasteiger partial charge in [-0.05, 0) is 54.4 Å². The SMILES string of the molecule is O=C(CN(CCc1ccccc1)S(=O)(=O)c1ccc(Br)cc1)Nc1cccc(Br)c1. The van der Waals surface area contributed by atoms with Gasteiger partial charge in [-0.3, -0.25) is 4.79 Å². The molecule has 3 aromatic carbocycles. The summed E-state index contributed by atoms with van der Waals surface area (Å²) in [7, 11) is -3.84. The molecule has 0 unspecified atom stereocenters. The lowest BCUT2D eigenvalue weighted by atomic mass is 10.1. The summed E-state index contributed by atoms with van der Waals surface area (Å²) in [6.45, 7) is -0.0912. The van der Waals surface area contributed by atoms with Crippen molar-refractivity contribution in [3.8, 4) is 0 Å². The number of carbonyl (C=O) groups excluding carboxylic acids is 1.